The third kappa shape index (κ3) is 5.05. The molecule has 0 unspecified atom stereocenters. The van der Waals surface area contributed by atoms with Crippen LogP contribution < -0.4 is 10.6 Å². The summed E-state index contributed by atoms with van der Waals surface area (Å²) >= 11 is 3.33. The highest BCUT2D eigenvalue weighted by Crippen LogP contribution is 2.20. The summed E-state index contributed by atoms with van der Waals surface area (Å²) in [5, 5.41) is 15.2. The molecule has 0 spiro atoms. The molecular formula is C16H20BrN3O. The third-order valence-electron chi connectivity index (χ3n) is 3.76. The van der Waals surface area contributed by atoms with Crippen molar-refractivity contribution in [2.24, 2.45) is 0 Å². The highest BCUT2D eigenvalue weighted by Gasteiger charge is 2.14. The summed E-state index contributed by atoms with van der Waals surface area (Å²) in [7, 11) is 0. The van der Waals surface area contributed by atoms with E-state index in [1.807, 2.05) is 12.1 Å². The summed E-state index contributed by atoms with van der Waals surface area (Å²) < 4.78 is 0.854. The van der Waals surface area contributed by atoms with E-state index in [-0.39, 0.29) is 12.5 Å². The molecule has 0 aliphatic heterocycles. The quantitative estimate of drug-likeness (QED) is 0.816. The fourth-order valence-electron chi connectivity index (χ4n) is 2.64. The number of hydrogen-bond acceptors (Lipinski definition) is 3. The maximum absolute atomic E-state index is 12.0. The van der Waals surface area contributed by atoms with E-state index in [0.29, 0.717) is 17.3 Å². The monoisotopic (exact) mass is 349 g/mol. The second kappa shape index (κ2) is 8.04. The van der Waals surface area contributed by atoms with Gasteiger partial charge in [-0.15, -0.1) is 0 Å². The zero-order valence-electron chi connectivity index (χ0n) is 12.0. The van der Waals surface area contributed by atoms with Crippen molar-refractivity contribution in [3.63, 3.8) is 0 Å². The van der Waals surface area contributed by atoms with Crippen LogP contribution in [0, 0.1) is 11.3 Å². The molecule has 2 rings (SSSR count). The van der Waals surface area contributed by atoms with Gasteiger partial charge in [-0.3, -0.25) is 4.79 Å². The highest BCUT2D eigenvalue weighted by atomic mass is 79.9. The first kappa shape index (κ1) is 15.8. The molecule has 0 saturated heterocycles. The van der Waals surface area contributed by atoms with E-state index < -0.39 is 0 Å². The first-order valence-corrected chi connectivity index (χ1v) is 8.21. The average molecular weight is 350 g/mol. The maximum Gasteiger partial charge on any atom is 0.239 e. The lowest BCUT2D eigenvalue weighted by Gasteiger charge is -2.17. The first-order chi connectivity index (χ1) is 10.2. The minimum absolute atomic E-state index is 0.00583. The normalized spacial score (nSPS) is 15.8. The number of rotatable bonds is 4. The number of amides is 1. The van der Waals surface area contributed by atoms with Gasteiger partial charge >= 0.3 is 0 Å². The van der Waals surface area contributed by atoms with Gasteiger partial charge < -0.3 is 10.6 Å². The fraction of sp³-hybridized carbons (Fsp3) is 0.500. The van der Waals surface area contributed by atoms with Crippen LogP contribution in [0.2, 0.25) is 0 Å². The Hall–Kier alpha value is -1.54. The predicted octanol–water partition coefficient (Wildman–Crippen LogP) is 3.57. The SMILES string of the molecule is N#Cc1cc(Br)ccc1NCC(=O)NC1CCCCCC1. The van der Waals surface area contributed by atoms with Gasteiger partial charge in [0.2, 0.25) is 5.91 Å². The van der Waals surface area contributed by atoms with Crippen molar-refractivity contribution < 1.29 is 4.79 Å². The molecule has 4 nitrogen and oxygen atoms in total. The number of hydrogen-bond donors (Lipinski definition) is 2. The lowest BCUT2D eigenvalue weighted by atomic mass is 10.1. The van der Waals surface area contributed by atoms with Crippen molar-refractivity contribution in [1.29, 1.82) is 5.26 Å². The van der Waals surface area contributed by atoms with Crippen molar-refractivity contribution in [3.05, 3.63) is 28.2 Å². The van der Waals surface area contributed by atoms with E-state index in [4.69, 9.17) is 5.26 Å². The Morgan fingerprint density at radius 1 is 1.29 bits per heavy atom. The lowest BCUT2D eigenvalue weighted by Crippen LogP contribution is -2.38. The molecule has 0 aromatic heterocycles. The molecule has 0 atom stereocenters. The average Bonchev–Trinajstić information content (AvgIpc) is 2.74. The summed E-state index contributed by atoms with van der Waals surface area (Å²) in [5.74, 6) is -0.00583. The molecule has 2 N–H and O–H groups in total. The minimum Gasteiger partial charge on any atom is -0.375 e. The van der Waals surface area contributed by atoms with E-state index in [0.717, 1.165) is 17.3 Å². The summed E-state index contributed by atoms with van der Waals surface area (Å²) in [6, 6.07) is 7.84. The second-order valence-corrected chi connectivity index (χ2v) is 6.33. The smallest absolute Gasteiger partial charge is 0.239 e. The third-order valence-corrected chi connectivity index (χ3v) is 4.25. The van der Waals surface area contributed by atoms with E-state index in [9.17, 15) is 4.79 Å². The molecule has 1 amide bonds. The molecule has 0 bridgehead atoms. The molecule has 112 valence electrons. The second-order valence-electron chi connectivity index (χ2n) is 5.41. The number of nitrogens with zero attached hydrogens (tertiary/aromatic N) is 1. The number of carbonyl (C=O) groups is 1. The van der Waals surface area contributed by atoms with Gasteiger partial charge in [-0.1, -0.05) is 41.6 Å². The molecule has 5 heteroatoms. The van der Waals surface area contributed by atoms with Crippen LogP contribution in [0.25, 0.3) is 0 Å². The number of nitriles is 1. The summed E-state index contributed by atoms with van der Waals surface area (Å²) in [5.41, 5.74) is 1.23. The van der Waals surface area contributed by atoms with Gasteiger partial charge in [0.25, 0.3) is 0 Å². The lowest BCUT2D eigenvalue weighted by molar-refractivity contribution is -0.120. The molecular weight excluding hydrogens is 330 g/mol. The molecule has 1 saturated carbocycles. The Balaban J connectivity index is 1.85. The van der Waals surface area contributed by atoms with Crippen molar-refractivity contribution in [3.8, 4) is 6.07 Å². The standard InChI is InChI=1S/C16H20BrN3O/c17-13-7-8-15(12(9-13)10-18)19-11-16(21)20-14-5-3-1-2-4-6-14/h7-9,14,19H,1-6,11H2,(H,20,21). The molecule has 0 heterocycles. The minimum atomic E-state index is -0.00583. The van der Waals surface area contributed by atoms with Gasteiger partial charge in [-0.25, -0.2) is 0 Å². The van der Waals surface area contributed by atoms with Gasteiger partial charge in [0.1, 0.15) is 6.07 Å². The molecule has 1 aliphatic rings. The van der Waals surface area contributed by atoms with Crippen LogP contribution >= 0.6 is 15.9 Å². The van der Waals surface area contributed by atoms with Crippen LogP contribution in [0.5, 0.6) is 0 Å². The number of benzene rings is 1. The number of carbonyl (C=O) groups excluding carboxylic acids is 1. The largest absolute Gasteiger partial charge is 0.375 e. The number of nitrogens with one attached hydrogen (secondary N) is 2. The van der Waals surface area contributed by atoms with Gasteiger partial charge in [-0.05, 0) is 31.0 Å². The van der Waals surface area contributed by atoms with Gasteiger partial charge in [0, 0.05) is 10.5 Å². The zero-order valence-corrected chi connectivity index (χ0v) is 13.6. The summed E-state index contributed by atoms with van der Waals surface area (Å²) in [6.45, 7) is 0.201. The van der Waals surface area contributed by atoms with Crippen LogP contribution in [-0.2, 0) is 4.79 Å². The Bertz CT molecular complexity index is 531. The van der Waals surface area contributed by atoms with Crippen molar-refractivity contribution in [1.82, 2.24) is 5.32 Å². The Labute approximate surface area is 134 Å². The Morgan fingerprint density at radius 2 is 2.00 bits per heavy atom. The van der Waals surface area contributed by atoms with Gasteiger partial charge in [-0.2, -0.15) is 5.26 Å². The van der Waals surface area contributed by atoms with Crippen LogP contribution in [0.3, 0.4) is 0 Å². The van der Waals surface area contributed by atoms with Crippen LogP contribution in [0.4, 0.5) is 5.69 Å². The molecule has 1 aromatic carbocycles. The topological polar surface area (TPSA) is 64.9 Å². The van der Waals surface area contributed by atoms with Gasteiger partial charge in [0.05, 0.1) is 17.8 Å². The van der Waals surface area contributed by atoms with E-state index >= 15 is 0 Å². The molecule has 1 aromatic rings. The van der Waals surface area contributed by atoms with Crippen LogP contribution in [0.1, 0.15) is 44.1 Å². The number of halogens is 1. The van der Waals surface area contributed by atoms with Crippen molar-refractivity contribution >= 4 is 27.5 Å². The Kier molecular flexibility index (Phi) is 6.06. The molecule has 1 fully saturated rings. The van der Waals surface area contributed by atoms with Crippen molar-refractivity contribution in [2.45, 2.75) is 44.6 Å². The zero-order chi connectivity index (χ0) is 15.1. The van der Waals surface area contributed by atoms with Crippen molar-refractivity contribution in [2.75, 3.05) is 11.9 Å². The predicted molar refractivity (Wildman–Crippen MR) is 87.0 cm³/mol. The maximum atomic E-state index is 12.0. The first-order valence-electron chi connectivity index (χ1n) is 7.42. The highest BCUT2D eigenvalue weighted by molar-refractivity contribution is 9.10. The van der Waals surface area contributed by atoms with Crippen LogP contribution in [-0.4, -0.2) is 18.5 Å². The summed E-state index contributed by atoms with van der Waals surface area (Å²) in [6.07, 6.45) is 7.10. The molecule has 1 aliphatic carbocycles. The molecule has 21 heavy (non-hydrogen) atoms. The summed E-state index contributed by atoms with van der Waals surface area (Å²) in [4.78, 5) is 12.0. The van der Waals surface area contributed by atoms with E-state index in [1.165, 1.54) is 25.7 Å². The van der Waals surface area contributed by atoms with E-state index in [1.54, 1.807) is 6.07 Å². The Morgan fingerprint density at radius 3 is 2.67 bits per heavy atom. The van der Waals surface area contributed by atoms with Gasteiger partial charge in [0.15, 0.2) is 0 Å². The molecule has 0 radical (unpaired) electrons. The number of anilines is 1. The van der Waals surface area contributed by atoms with Crippen LogP contribution in [0.15, 0.2) is 22.7 Å². The van der Waals surface area contributed by atoms with E-state index in [2.05, 4.69) is 32.6 Å². The fourth-order valence-corrected chi connectivity index (χ4v) is 3.00.